The van der Waals surface area contributed by atoms with E-state index in [-0.39, 0.29) is 0 Å². The van der Waals surface area contributed by atoms with Gasteiger partial charge < -0.3 is 8.85 Å². The van der Waals surface area contributed by atoms with Crippen molar-refractivity contribution in [3.8, 4) is 0 Å². The number of hydrogen-bond donors (Lipinski definition) is 0. The summed E-state index contributed by atoms with van der Waals surface area (Å²) in [5.41, 5.74) is 0. The summed E-state index contributed by atoms with van der Waals surface area (Å²) in [5.74, 6) is 0. The molecule has 0 heterocycles. The van der Waals surface area contributed by atoms with Crippen molar-refractivity contribution in [1.82, 2.24) is 0 Å². The minimum atomic E-state index is -1.62. The highest BCUT2D eigenvalue weighted by Gasteiger charge is 2.38. The molecule has 0 amide bonds. The molecule has 1 unspecified atom stereocenters. The summed E-state index contributed by atoms with van der Waals surface area (Å²) in [5, 5.41) is 0.641. The second kappa shape index (κ2) is 11.5. The van der Waals surface area contributed by atoms with E-state index in [2.05, 4.69) is 74.7 Å². The first-order chi connectivity index (χ1) is 12.1. The summed E-state index contributed by atoms with van der Waals surface area (Å²) in [6, 6.07) is 0. The summed E-state index contributed by atoms with van der Waals surface area (Å²) < 4.78 is 12.9. The van der Waals surface area contributed by atoms with Gasteiger partial charge in [-0.15, -0.1) is 0 Å². The normalized spacial score (nSPS) is 15.2. The zero-order valence-corrected chi connectivity index (χ0v) is 22.8. The van der Waals surface area contributed by atoms with Crippen molar-refractivity contribution in [3.63, 3.8) is 0 Å². The molecule has 4 heteroatoms. The standard InChI is InChI=1S/C23H52O2Si2/c1-12-21(25-27(10,11)23(5,6)7)19-17-15-13-14-16-18-20-24-26(8,9)22(2,3)4/h21H,12-20H2,1-11H3. The Hall–Kier alpha value is 0.354. The molecule has 0 aliphatic rings. The van der Waals surface area contributed by atoms with E-state index in [1.165, 1.54) is 44.9 Å². The maximum atomic E-state index is 6.60. The maximum absolute atomic E-state index is 6.60. The molecule has 0 fully saturated rings. The fourth-order valence-corrected chi connectivity index (χ4v) is 5.22. The lowest BCUT2D eigenvalue weighted by molar-refractivity contribution is 0.163. The van der Waals surface area contributed by atoms with E-state index in [0.717, 1.165) is 13.0 Å². The van der Waals surface area contributed by atoms with Crippen molar-refractivity contribution in [2.45, 2.75) is 142 Å². The SMILES string of the molecule is CCC(CCCCCCCCO[Si](C)(C)C(C)(C)C)O[Si](C)(C)C(C)(C)C. The van der Waals surface area contributed by atoms with Gasteiger partial charge in [0.1, 0.15) is 0 Å². The van der Waals surface area contributed by atoms with Gasteiger partial charge in [-0.2, -0.15) is 0 Å². The first-order valence-electron chi connectivity index (χ1n) is 11.5. The highest BCUT2D eigenvalue weighted by Crippen LogP contribution is 2.38. The molecule has 0 N–H and O–H groups in total. The van der Waals surface area contributed by atoms with Crippen molar-refractivity contribution >= 4 is 16.6 Å². The van der Waals surface area contributed by atoms with Crippen LogP contribution in [0.4, 0.5) is 0 Å². The van der Waals surface area contributed by atoms with Gasteiger partial charge in [0.25, 0.3) is 0 Å². The molecule has 0 aliphatic heterocycles. The first kappa shape index (κ1) is 27.4. The van der Waals surface area contributed by atoms with E-state index in [9.17, 15) is 0 Å². The molecule has 0 aromatic carbocycles. The van der Waals surface area contributed by atoms with Gasteiger partial charge in [0.05, 0.1) is 0 Å². The fourth-order valence-electron chi connectivity index (χ4n) is 2.66. The average molecular weight is 417 g/mol. The van der Waals surface area contributed by atoms with Crippen LogP contribution in [0.15, 0.2) is 0 Å². The van der Waals surface area contributed by atoms with Crippen molar-refractivity contribution in [2.24, 2.45) is 0 Å². The highest BCUT2D eigenvalue weighted by molar-refractivity contribution is 6.74. The van der Waals surface area contributed by atoms with Gasteiger partial charge in [0, 0.05) is 12.7 Å². The topological polar surface area (TPSA) is 18.5 Å². The lowest BCUT2D eigenvalue weighted by Crippen LogP contribution is -2.43. The molecular weight excluding hydrogens is 364 g/mol. The molecule has 1 atom stereocenters. The van der Waals surface area contributed by atoms with Gasteiger partial charge in [0.2, 0.25) is 0 Å². The van der Waals surface area contributed by atoms with Crippen LogP contribution in [0.3, 0.4) is 0 Å². The Balaban J connectivity index is 3.85. The van der Waals surface area contributed by atoms with Crippen molar-refractivity contribution in [2.75, 3.05) is 6.61 Å². The average Bonchev–Trinajstić information content (AvgIpc) is 2.49. The van der Waals surface area contributed by atoms with E-state index in [0.29, 0.717) is 16.2 Å². The molecule has 0 rings (SSSR count). The largest absolute Gasteiger partial charge is 0.417 e. The molecule has 0 radical (unpaired) electrons. The Labute approximate surface area is 174 Å². The third kappa shape index (κ3) is 10.6. The Morgan fingerprint density at radius 2 is 1.11 bits per heavy atom. The molecule has 164 valence electrons. The number of rotatable bonds is 13. The molecular formula is C23H52O2Si2. The lowest BCUT2D eigenvalue weighted by Gasteiger charge is -2.39. The van der Waals surface area contributed by atoms with Crippen LogP contribution in [0.5, 0.6) is 0 Å². The van der Waals surface area contributed by atoms with Gasteiger partial charge in [0.15, 0.2) is 16.6 Å². The highest BCUT2D eigenvalue weighted by atomic mass is 28.4. The third-order valence-electron chi connectivity index (χ3n) is 6.91. The van der Waals surface area contributed by atoms with E-state index in [1.807, 2.05) is 0 Å². The summed E-state index contributed by atoms with van der Waals surface area (Å²) in [6.45, 7) is 26.6. The fraction of sp³-hybridized carbons (Fsp3) is 1.00. The second-order valence-electron chi connectivity index (χ2n) is 11.4. The smallest absolute Gasteiger partial charge is 0.192 e. The Kier molecular flexibility index (Phi) is 11.7. The maximum Gasteiger partial charge on any atom is 0.192 e. The minimum Gasteiger partial charge on any atom is -0.417 e. The second-order valence-corrected chi connectivity index (χ2v) is 21.0. The molecule has 2 nitrogen and oxygen atoms in total. The van der Waals surface area contributed by atoms with E-state index < -0.39 is 16.6 Å². The molecule has 0 spiro atoms. The van der Waals surface area contributed by atoms with E-state index in [4.69, 9.17) is 8.85 Å². The zero-order valence-electron chi connectivity index (χ0n) is 20.8. The van der Waals surface area contributed by atoms with E-state index in [1.54, 1.807) is 0 Å². The molecule has 0 saturated carbocycles. The predicted molar refractivity (Wildman–Crippen MR) is 128 cm³/mol. The summed E-state index contributed by atoms with van der Waals surface area (Å²) in [4.78, 5) is 0. The molecule has 27 heavy (non-hydrogen) atoms. The lowest BCUT2D eigenvalue weighted by atomic mass is 10.1. The predicted octanol–water partition coefficient (Wildman–Crippen LogP) is 8.54. The quantitative estimate of drug-likeness (QED) is 0.221. The van der Waals surface area contributed by atoms with Gasteiger partial charge in [-0.3, -0.25) is 0 Å². The molecule has 0 bridgehead atoms. The van der Waals surface area contributed by atoms with Gasteiger partial charge in [-0.05, 0) is 55.5 Å². The van der Waals surface area contributed by atoms with Crippen LogP contribution in [0.25, 0.3) is 0 Å². The molecule has 0 aliphatic carbocycles. The van der Waals surface area contributed by atoms with Crippen molar-refractivity contribution < 1.29 is 8.85 Å². The van der Waals surface area contributed by atoms with Crippen molar-refractivity contribution in [1.29, 1.82) is 0 Å². The number of unbranched alkanes of at least 4 members (excludes halogenated alkanes) is 5. The minimum absolute atomic E-state index is 0.312. The van der Waals surface area contributed by atoms with Gasteiger partial charge >= 0.3 is 0 Å². The van der Waals surface area contributed by atoms with Crippen LogP contribution in [-0.2, 0) is 8.85 Å². The van der Waals surface area contributed by atoms with Crippen LogP contribution < -0.4 is 0 Å². The van der Waals surface area contributed by atoms with Crippen molar-refractivity contribution in [3.05, 3.63) is 0 Å². The van der Waals surface area contributed by atoms with E-state index >= 15 is 0 Å². The zero-order chi connectivity index (χ0) is 21.4. The van der Waals surface area contributed by atoms with Crippen LogP contribution >= 0.6 is 0 Å². The van der Waals surface area contributed by atoms with Crippen LogP contribution in [0.1, 0.15) is 99.8 Å². The molecule has 0 aromatic heterocycles. The summed E-state index contributed by atoms with van der Waals surface area (Å²) in [7, 11) is -3.17. The van der Waals surface area contributed by atoms with Crippen LogP contribution in [0, 0.1) is 0 Å². The Morgan fingerprint density at radius 1 is 0.667 bits per heavy atom. The Morgan fingerprint density at radius 3 is 1.56 bits per heavy atom. The number of hydrogen-bond acceptors (Lipinski definition) is 2. The molecule has 0 aromatic rings. The van der Waals surface area contributed by atoms with Gasteiger partial charge in [-0.1, -0.05) is 80.6 Å². The third-order valence-corrected chi connectivity index (χ3v) is 16.0. The Bertz CT molecular complexity index is 392. The molecule has 0 saturated heterocycles. The first-order valence-corrected chi connectivity index (χ1v) is 17.3. The van der Waals surface area contributed by atoms with Crippen LogP contribution in [-0.4, -0.2) is 29.3 Å². The van der Waals surface area contributed by atoms with Crippen LogP contribution in [0.2, 0.25) is 36.3 Å². The summed E-state index contributed by atoms with van der Waals surface area (Å²) in [6.07, 6.45) is 10.7. The monoisotopic (exact) mass is 416 g/mol. The summed E-state index contributed by atoms with van der Waals surface area (Å²) >= 11 is 0. The van der Waals surface area contributed by atoms with Gasteiger partial charge in [-0.25, -0.2) is 0 Å².